The third kappa shape index (κ3) is 3.72. The van der Waals surface area contributed by atoms with Crippen LogP contribution in [0.25, 0.3) is 6.08 Å². The summed E-state index contributed by atoms with van der Waals surface area (Å²) in [6, 6.07) is 1.64. The van der Waals surface area contributed by atoms with Crippen LogP contribution < -0.4 is 5.32 Å². The number of aldehydes is 1. The van der Waals surface area contributed by atoms with Gasteiger partial charge in [0.15, 0.2) is 6.29 Å². The van der Waals surface area contributed by atoms with E-state index in [1.165, 1.54) is 6.92 Å². The highest BCUT2D eigenvalue weighted by Gasteiger charge is 1.95. The molecule has 1 N–H and O–H groups in total. The van der Waals surface area contributed by atoms with E-state index < -0.39 is 0 Å². The number of nitrogens with one attached hydrogen (secondary N) is 1. The van der Waals surface area contributed by atoms with Gasteiger partial charge in [-0.2, -0.15) is 0 Å². The van der Waals surface area contributed by atoms with E-state index in [2.05, 4.69) is 10.3 Å². The summed E-state index contributed by atoms with van der Waals surface area (Å²) < 4.78 is 0. The number of carbonyl (C=O) groups is 2. The Hall–Kier alpha value is -1.97. The molecule has 0 aliphatic heterocycles. The Bertz CT molecular complexity index is 386. The molecule has 78 valence electrons. The zero-order chi connectivity index (χ0) is 11.1. The van der Waals surface area contributed by atoms with Gasteiger partial charge < -0.3 is 5.32 Å². The van der Waals surface area contributed by atoms with E-state index in [1.807, 2.05) is 0 Å². The summed E-state index contributed by atoms with van der Waals surface area (Å²) >= 11 is 0. The second-order valence-corrected chi connectivity index (χ2v) is 2.96. The van der Waals surface area contributed by atoms with Crippen LogP contribution in [-0.2, 0) is 4.79 Å². The van der Waals surface area contributed by atoms with Crippen molar-refractivity contribution in [2.24, 2.45) is 0 Å². The van der Waals surface area contributed by atoms with Crippen molar-refractivity contribution in [2.75, 3.05) is 6.54 Å². The maximum absolute atomic E-state index is 10.6. The summed E-state index contributed by atoms with van der Waals surface area (Å²) in [7, 11) is 0. The van der Waals surface area contributed by atoms with Gasteiger partial charge in [-0.1, -0.05) is 12.2 Å². The number of nitrogens with zero attached hydrogens (tertiary/aromatic N) is 1. The predicted molar refractivity (Wildman–Crippen MR) is 57.3 cm³/mol. The molecule has 0 unspecified atom stereocenters. The van der Waals surface area contributed by atoms with Crippen LogP contribution in [0.5, 0.6) is 0 Å². The normalized spacial score (nSPS) is 10.2. The van der Waals surface area contributed by atoms with Gasteiger partial charge in [0.25, 0.3) is 0 Å². The van der Waals surface area contributed by atoms with Crippen LogP contribution >= 0.6 is 0 Å². The Balaban J connectivity index is 2.63. The topological polar surface area (TPSA) is 59.1 Å². The fourth-order valence-electron chi connectivity index (χ4n) is 1.05. The highest BCUT2D eigenvalue weighted by molar-refractivity contribution is 5.81. The average molecular weight is 204 g/mol. The summed E-state index contributed by atoms with van der Waals surface area (Å²) in [5, 5.41) is 2.62. The van der Waals surface area contributed by atoms with Gasteiger partial charge in [0, 0.05) is 37.0 Å². The van der Waals surface area contributed by atoms with Crippen molar-refractivity contribution in [2.45, 2.75) is 6.92 Å². The molecule has 0 spiro atoms. The molecule has 0 atom stereocenters. The molecule has 0 aromatic carbocycles. The van der Waals surface area contributed by atoms with Crippen molar-refractivity contribution < 1.29 is 9.59 Å². The van der Waals surface area contributed by atoms with Crippen LogP contribution in [0.15, 0.2) is 24.5 Å². The van der Waals surface area contributed by atoms with Crippen LogP contribution in [0, 0.1) is 0 Å². The predicted octanol–water partition coefficient (Wildman–Crippen LogP) is 1.04. The number of pyridine rings is 1. The lowest BCUT2D eigenvalue weighted by Crippen LogP contribution is -2.19. The fourth-order valence-corrected chi connectivity index (χ4v) is 1.05. The summed E-state index contributed by atoms with van der Waals surface area (Å²) in [5.74, 6) is -0.0820. The molecule has 0 radical (unpaired) electrons. The molecule has 4 heteroatoms. The van der Waals surface area contributed by atoms with Crippen LogP contribution in [0.4, 0.5) is 0 Å². The molecule has 1 heterocycles. The molecule has 15 heavy (non-hydrogen) atoms. The van der Waals surface area contributed by atoms with Crippen molar-refractivity contribution in [1.82, 2.24) is 10.3 Å². The quantitative estimate of drug-likeness (QED) is 0.745. The summed E-state index contributed by atoms with van der Waals surface area (Å²) in [5.41, 5.74) is 1.34. The van der Waals surface area contributed by atoms with E-state index in [0.717, 1.165) is 11.8 Å². The van der Waals surface area contributed by atoms with Gasteiger partial charge in [-0.05, 0) is 6.07 Å². The standard InChI is InChI=1S/C11H12N2O2/c1-9(15)13-5-2-3-10-7-12-6-4-11(10)8-14/h2-4,6-8H,5H2,1H3,(H,13,15). The van der Waals surface area contributed by atoms with E-state index in [9.17, 15) is 9.59 Å². The molecular formula is C11H12N2O2. The smallest absolute Gasteiger partial charge is 0.217 e. The summed E-state index contributed by atoms with van der Waals surface area (Å²) in [6.45, 7) is 1.90. The first kappa shape index (κ1) is 11.1. The summed E-state index contributed by atoms with van der Waals surface area (Å²) in [6.07, 6.45) is 7.47. The molecule has 4 nitrogen and oxygen atoms in total. The Labute approximate surface area is 88.0 Å². The van der Waals surface area contributed by atoms with Gasteiger partial charge in [0.05, 0.1) is 0 Å². The van der Waals surface area contributed by atoms with E-state index in [1.54, 1.807) is 30.6 Å². The molecule has 0 aliphatic carbocycles. The number of hydrogen-bond acceptors (Lipinski definition) is 3. The first-order valence-electron chi connectivity index (χ1n) is 4.54. The second-order valence-electron chi connectivity index (χ2n) is 2.96. The first-order valence-corrected chi connectivity index (χ1v) is 4.54. The third-order valence-electron chi connectivity index (χ3n) is 1.78. The molecule has 1 aromatic rings. The number of aromatic nitrogens is 1. The molecule has 0 saturated heterocycles. The third-order valence-corrected chi connectivity index (χ3v) is 1.78. The number of rotatable bonds is 4. The highest BCUT2D eigenvalue weighted by atomic mass is 16.1. The van der Waals surface area contributed by atoms with Crippen molar-refractivity contribution >= 4 is 18.3 Å². The molecular weight excluding hydrogens is 192 g/mol. The Morgan fingerprint density at radius 1 is 1.53 bits per heavy atom. The highest BCUT2D eigenvalue weighted by Crippen LogP contribution is 2.05. The Morgan fingerprint density at radius 3 is 3.00 bits per heavy atom. The minimum absolute atomic E-state index is 0.0820. The minimum atomic E-state index is -0.0820. The monoisotopic (exact) mass is 204 g/mol. The average Bonchev–Trinajstić information content (AvgIpc) is 2.24. The number of amides is 1. The summed E-state index contributed by atoms with van der Waals surface area (Å²) in [4.78, 5) is 25.1. The van der Waals surface area contributed by atoms with E-state index in [4.69, 9.17) is 0 Å². The van der Waals surface area contributed by atoms with Crippen molar-refractivity contribution in [1.29, 1.82) is 0 Å². The Morgan fingerprint density at radius 2 is 2.33 bits per heavy atom. The zero-order valence-corrected chi connectivity index (χ0v) is 8.43. The maximum atomic E-state index is 10.6. The van der Waals surface area contributed by atoms with Gasteiger partial charge in [0.1, 0.15) is 0 Å². The van der Waals surface area contributed by atoms with E-state index >= 15 is 0 Å². The zero-order valence-electron chi connectivity index (χ0n) is 8.43. The van der Waals surface area contributed by atoms with Crippen LogP contribution in [-0.4, -0.2) is 23.7 Å². The molecule has 1 aromatic heterocycles. The second kappa shape index (κ2) is 5.70. The lowest BCUT2D eigenvalue weighted by molar-refractivity contribution is -0.118. The van der Waals surface area contributed by atoms with Crippen LogP contribution in [0.2, 0.25) is 0 Å². The van der Waals surface area contributed by atoms with Gasteiger partial charge in [0.2, 0.25) is 5.91 Å². The lowest BCUT2D eigenvalue weighted by atomic mass is 10.1. The molecule has 0 bridgehead atoms. The SMILES string of the molecule is CC(=O)NCC=Cc1cnccc1C=O. The van der Waals surface area contributed by atoms with Gasteiger partial charge >= 0.3 is 0 Å². The first-order chi connectivity index (χ1) is 7.24. The molecule has 1 amide bonds. The van der Waals surface area contributed by atoms with Crippen molar-refractivity contribution in [3.63, 3.8) is 0 Å². The van der Waals surface area contributed by atoms with E-state index in [-0.39, 0.29) is 5.91 Å². The van der Waals surface area contributed by atoms with Gasteiger partial charge in [-0.3, -0.25) is 14.6 Å². The van der Waals surface area contributed by atoms with Crippen LogP contribution in [0.1, 0.15) is 22.8 Å². The Kier molecular flexibility index (Phi) is 4.22. The van der Waals surface area contributed by atoms with Crippen molar-refractivity contribution in [3.8, 4) is 0 Å². The molecule has 1 rings (SSSR count). The van der Waals surface area contributed by atoms with Crippen molar-refractivity contribution in [3.05, 3.63) is 35.7 Å². The number of hydrogen-bond donors (Lipinski definition) is 1. The lowest BCUT2D eigenvalue weighted by Gasteiger charge is -1.97. The van der Waals surface area contributed by atoms with Crippen LogP contribution in [0.3, 0.4) is 0 Å². The fraction of sp³-hybridized carbons (Fsp3) is 0.182. The number of carbonyl (C=O) groups excluding carboxylic acids is 2. The molecule has 0 saturated carbocycles. The maximum Gasteiger partial charge on any atom is 0.217 e. The largest absolute Gasteiger partial charge is 0.353 e. The molecule has 0 fully saturated rings. The van der Waals surface area contributed by atoms with E-state index in [0.29, 0.717) is 12.1 Å². The van der Waals surface area contributed by atoms with Gasteiger partial charge in [-0.25, -0.2) is 0 Å². The molecule has 0 aliphatic rings. The minimum Gasteiger partial charge on any atom is -0.353 e. The van der Waals surface area contributed by atoms with Gasteiger partial charge in [-0.15, -0.1) is 0 Å².